The molecule has 0 atom stereocenters. The molecule has 1 saturated heterocycles. The van der Waals surface area contributed by atoms with Crippen LogP contribution in [-0.4, -0.2) is 45.3 Å². The molecule has 6 heteroatoms. The van der Waals surface area contributed by atoms with Gasteiger partial charge in [-0.3, -0.25) is 0 Å². The quantitative estimate of drug-likeness (QED) is 0.304. The fraction of sp³-hybridized carbons (Fsp3) is 0.400. The maximum Gasteiger partial charge on any atom is 0.162 e. The molecule has 0 amide bonds. The van der Waals surface area contributed by atoms with Crippen LogP contribution in [-0.2, 0) is 19.8 Å². The first-order valence-electron chi connectivity index (χ1n) is 12.8. The Morgan fingerprint density at radius 3 is 2.00 bits per heavy atom. The van der Waals surface area contributed by atoms with Crippen molar-refractivity contribution in [1.82, 2.24) is 10.2 Å². The summed E-state index contributed by atoms with van der Waals surface area (Å²) >= 11 is 0. The van der Waals surface area contributed by atoms with Gasteiger partial charge in [0.15, 0.2) is 11.5 Å². The third-order valence-electron chi connectivity index (χ3n) is 6.42. The van der Waals surface area contributed by atoms with Gasteiger partial charge in [-0.25, -0.2) is 0 Å². The summed E-state index contributed by atoms with van der Waals surface area (Å²) in [6, 6.07) is 22.0. The minimum Gasteiger partial charge on any atom is -0.497 e. The van der Waals surface area contributed by atoms with E-state index in [2.05, 4.69) is 22.3 Å². The Bertz CT molecular complexity index is 1080. The summed E-state index contributed by atoms with van der Waals surface area (Å²) < 4.78 is 23.1. The van der Waals surface area contributed by atoms with Crippen LogP contribution in [0, 0.1) is 0 Å². The predicted molar refractivity (Wildman–Crippen MR) is 143 cm³/mol. The molecule has 0 aliphatic carbocycles. The molecule has 3 aromatic carbocycles. The monoisotopic (exact) mass is 490 g/mol. The molecule has 0 aromatic heterocycles. The number of hydrogen-bond donors (Lipinski definition) is 1. The smallest absolute Gasteiger partial charge is 0.162 e. The van der Waals surface area contributed by atoms with E-state index in [4.69, 9.17) is 18.9 Å². The average Bonchev–Trinajstić information content (AvgIpc) is 3.45. The molecule has 0 bridgehead atoms. The van der Waals surface area contributed by atoms with Gasteiger partial charge >= 0.3 is 0 Å². The van der Waals surface area contributed by atoms with Crippen molar-refractivity contribution < 1.29 is 18.9 Å². The van der Waals surface area contributed by atoms with Crippen LogP contribution in [0.5, 0.6) is 23.0 Å². The molecule has 192 valence electrons. The van der Waals surface area contributed by atoms with Crippen molar-refractivity contribution in [2.24, 2.45) is 0 Å². The lowest BCUT2D eigenvalue weighted by molar-refractivity contribution is 0.255. The zero-order valence-corrected chi connectivity index (χ0v) is 21.5. The first-order chi connectivity index (χ1) is 17.7. The van der Waals surface area contributed by atoms with E-state index in [1.807, 2.05) is 54.6 Å². The van der Waals surface area contributed by atoms with Gasteiger partial charge in [0, 0.05) is 6.54 Å². The summed E-state index contributed by atoms with van der Waals surface area (Å²) in [4.78, 5) is 2.56. The fourth-order valence-electron chi connectivity index (χ4n) is 4.41. The second kappa shape index (κ2) is 13.8. The molecule has 4 rings (SSSR count). The fourth-order valence-corrected chi connectivity index (χ4v) is 4.41. The third kappa shape index (κ3) is 7.90. The van der Waals surface area contributed by atoms with Crippen LogP contribution in [0.1, 0.15) is 36.0 Å². The van der Waals surface area contributed by atoms with E-state index in [0.717, 1.165) is 47.2 Å². The van der Waals surface area contributed by atoms with Gasteiger partial charge in [-0.1, -0.05) is 30.3 Å². The van der Waals surface area contributed by atoms with Crippen molar-refractivity contribution >= 4 is 0 Å². The normalized spacial score (nSPS) is 13.5. The molecule has 0 spiro atoms. The highest BCUT2D eigenvalue weighted by molar-refractivity contribution is 5.43. The SMILES string of the molecule is COc1cccc(COc2ccc(CNCCCN3CCCC3)cc2OCc2cccc(OC)c2)c1. The van der Waals surface area contributed by atoms with Crippen molar-refractivity contribution in [1.29, 1.82) is 0 Å². The molecule has 1 N–H and O–H groups in total. The van der Waals surface area contributed by atoms with Crippen molar-refractivity contribution in [2.45, 2.75) is 39.0 Å². The largest absolute Gasteiger partial charge is 0.497 e. The van der Waals surface area contributed by atoms with Gasteiger partial charge in [0.25, 0.3) is 0 Å². The third-order valence-corrected chi connectivity index (χ3v) is 6.42. The summed E-state index contributed by atoms with van der Waals surface area (Å²) in [6.07, 6.45) is 3.86. The van der Waals surface area contributed by atoms with Crippen LogP contribution in [0.2, 0.25) is 0 Å². The Morgan fingerprint density at radius 1 is 0.722 bits per heavy atom. The van der Waals surface area contributed by atoms with E-state index in [-0.39, 0.29) is 0 Å². The standard InChI is InChI=1S/C30H38N2O4/c1-33-27-10-5-8-25(18-27)22-35-29-13-12-24(21-31-14-7-17-32-15-3-4-16-32)20-30(29)36-23-26-9-6-11-28(19-26)34-2/h5-6,8-13,18-20,31H,3-4,7,14-17,21-23H2,1-2H3. The van der Waals surface area contributed by atoms with Crippen LogP contribution in [0.25, 0.3) is 0 Å². The number of likely N-dealkylation sites (tertiary alicyclic amines) is 1. The molecule has 1 aliphatic rings. The summed E-state index contributed by atoms with van der Waals surface area (Å²) in [5, 5.41) is 3.58. The average molecular weight is 491 g/mol. The van der Waals surface area contributed by atoms with E-state index in [9.17, 15) is 0 Å². The highest BCUT2D eigenvalue weighted by Crippen LogP contribution is 2.31. The lowest BCUT2D eigenvalue weighted by atomic mass is 10.2. The van der Waals surface area contributed by atoms with Gasteiger partial charge in [-0.05, 0) is 98.5 Å². The Hall–Kier alpha value is -3.22. The van der Waals surface area contributed by atoms with E-state index in [1.54, 1.807) is 14.2 Å². The van der Waals surface area contributed by atoms with Crippen LogP contribution in [0.3, 0.4) is 0 Å². The maximum absolute atomic E-state index is 6.25. The van der Waals surface area contributed by atoms with Crippen molar-refractivity contribution in [3.8, 4) is 23.0 Å². The number of benzene rings is 3. The Kier molecular flexibility index (Phi) is 9.88. The molecule has 0 unspecified atom stereocenters. The molecular formula is C30H38N2O4. The van der Waals surface area contributed by atoms with Crippen LogP contribution < -0.4 is 24.3 Å². The lowest BCUT2D eigenvalue weighted by Gasteiger charge is -2.16. The first-order valence-corrected chi connectivity index (χ1v) is 12.8. The van der Waals surface area contributed by atoms with E-state index >= 15 is 0 Å². The van der Waals surface area contributed by atoms with Crippen LogP contribution >= 0.6 is 0 Å². The van der Waals surface area contributed by atoms with Crippen LogP contribution in [0.4, 0.5) is 0 Å². The number of nitrogens with zero attached hydrogens (tertiary/aromatic N) is 1. The second-order valence-electron chi connectivity index (χ2n) is 9.14. The van der Waals surface area contributed by atoms with Crippen molar-refractivity contribution in [2.75, 3.05) is 40.4 Å². The number of methoxy groups -OCH3 is 2. The van der Waals surface area contributed by atoms with Gasteiger partial charge in [-0.2, -0.15) is 0 Å². The Morgan fingerprint density at radius 2 is 1.36 bits per heavy atom. The number of rotatable bonds is 14. The van der Waals surface area contributed by atoms with Gasteiger partial charge in [0.05, 0.1) is 14.2 Å². The minimum absolute atomic E-state index is 0.430. The zero-order valence-electron chi connectivity index (χ0n) is 21.5. The Balaban J connectivity index is 1.38. The predicted octanol–water partition coefficient (Wildman–Crippen LogP) is 5.44. The summed E-state index contributed by atoms with van der Waals surface area (Å²) in [5.41, 5.74) is 3.25. The molecule has 6 nitrogen and oxygen atoms in total. The molecule has 1 aliphatic heterocycles. The van der Waals surface area contributed by atoms with Crippen molar-refractivity contribution in [3.05, 3.63) is 83.4 Å². The van der Waals surface area contributed by atoms with E-state index < -0.39 is 0 Å². The highest BCUT2D eigenvalue weighted by atomic mass is 16.5. The molecule has 1 fully saturated rings. The molecule has 36 heavy (non-hydrogen) atoms. The zero-order chi connectivity index (χ0) is 25.0. The number of nitrogens with one attached hydrogen (secondary N) is 1. The maximum atomic E-state index is 6.25. The number of hydrogen-bond acceptors (Lipinski definition) is 6. The lowest BCUT2D eigenvalue weighted by Crippen LogP contribution is -2.24. The van der Waals surface area contributed by atoms with E-state index in [0.29, 0.717) is 13.2 Å². The van der Waals surface area contributed by atoms with Crippen LogP contribution in [0.15, 0.2) is 66.7 Å². The molecular weight excluding hydrogens is 452 g/mol. The summed E-state index contributed by atoms with van der Waals surface area (Å²) in [7, 11) is 3.34. The molecule has 1 heterocycles. The number of ether oxygens (including phenoxy) is 4. The highest BCUT2D eigenvalue weighted by Gasteiger charge is 2.11. The Labute approximate surface area is 215 Å². The van der Waals surface area contributed by atoms with E-state index in [1.165, 1.54) is 44.5 Å². The minimum atomic E-state index is 0.430. The first kappa shape index (κ1) is 25.9. The topological polar surface area (TPSA) is 52.2 Å². The van der Waals surface area contributed by atoms with Gasteiger partial charge in [0.1, 0.15) is 24.7 Å². The molecule has 0 radical (unpaired) electrons. The summed E-state index contributed by atoms with van der Waals surface area (Å²) in [5.74, 6) is 3.09. The second-order valence-corrected chi connectivity index (χ2v) is 9.14. The molecule has 0 saturated carbocycles. The van der Waals surface area contributed by atoms with Crippen molar-refractivity contribution in [3.63, 3.8) is 0 Å². The van der Waals surface area contributed by atoms with Gasteiger partial charge in [0.2, 0.25) is 0 Å². The summed E-state index contributed by atoms with van der Waals surface area (Å²) in [6.45, 7) is 6.35. The molecule has 3 aromatic rings. The van der Waals surface area contributed by atoms with Gasteiger partial charge in [-0.15, -0.1) is 0 Å². The van der Waals surface area contributed by atoms with Gasteiger partial charge < -0.3 is 29.2 Å².